The lowest BCUT2D eigenvalue weighted by Gasteiger charge is -2.34. The third-order valence-electron chi connectivity index (χ3n) is 6.39. The van der Waals surface area contributed by atoms with Gasteiger partial charge >= 0.3 is 23.9 Å². The Kier molecular flexibility index (Phi) is 15.4. The molecule has 0 aromatic heterocycles. The van der Waals surface area contributed by atoms with E-state index in [4.69, 9.17) is 18.9 Å². The standard InChI is InChI=1S/C33H62N4O8/c1-25(37(23-28(40)44-32(8,9)10)24-29(41)45-33(11,12)13)20-34-14-16-35(21-26(38)42-30(2,3)4)18-19-36(17-15-34)22-27(39)43-31(5,6)7/h25H,14-24H2,1-13H3. The number of hydrogen-bond donors (Lipinski definition) is 0. The second kappa shape index (κ2) is 17.0. The largest absolute Gasteiger partial charge is 0.459 e. The number of carbonyl (C=O) groups is 4. The van der Waals surface area contributed by atoms with E-state index >= 15 is 0 Å². The van der Waals surface area contributed by atoms with Gasteiger partial charge in [0.05, 0.1) is 26.2 Å². The molecule has 0 saturated carbocycles. The van der Waals surface area contributed by atoms with Crippen LogP contribution in [0.15, 0.2) is 0 Å². The van der Waals surface area contributed by atoms with Crippen molar-refractivity contribution in [2.45, 2.75) is 118 Å². The summed E-state index contributed by atoms with van der Waals surface area (Å²) in [5.74, 6) is -1.45. The van der Waals surface area contributed by atoms with Crippen LogP contribution in [-0.2, 0) is 38.1 Å². The minimum absolute atomic E-state index is 0.0684. The number of hydrogen-bond acceptors (Lipinski definition) is 12. The SMILES string of the molecule is CC(CN1CCN(CC(=O)OC(C)(C)C)CCN(CC(=O)OC(C)(C)C)CC1)N(CC(=O)OC(C)(C)C)CC(=O)OC(C)(C)C. The van der Waals surface area contributed by atoms with Crippen LogP contribution in [0.25, 0.3) is 0 Å². The summed E-state index contributed by atoms with van der Waals surface area (Å²) in [5.41, 5.74) is -2.50. The van der Waals surface area contributed by atoms with Gasteiger partial charge in [0, 0.05) is 51.9 Å². The zero-order valence-corrected chi connectivity index (χ0v) is 30.4. The predicted octanol–water partition coefficient (Wildman–Crippen LogP) is 2.96. The number of ether oxygens (including phenoxy) is 4. The fourth-order valence-electron chi connectivity index (χ4n) is 4.73. The van der Waals surface area contributed by atoms with Crippen molar-refractivity contribution in [3.05, 3.63) is 0 Å². The molecule has 0 amide bonds. The fraction of sp³-hybridized carbons (Fsp3) is 0.879. The smallest absolute Gasteiger partial charge is 0.320 e. The van der Waals surface area contributed by atoms with Crippen molar-refractivity contribution in [1.29, 1.82) is 0 Å². The summed E-state index contributed by atoms with van der Waals surface area (Å²) < 4.78 is 22.3. The molecular weight excluding hydrogens is 580 g/mol. The highest BCUT2D eigenvalue weighted by atomic mass is 16.6. The molecule has 1 rings (SSSR count). The van der Waals surface area contributed by atoms with Gasteiger partial charge in [0.25, 0.3) is 0 Å². The van der Waals surface area contributed by atoms with E-state index in [0.717, 1.165) is 0 Å². The second-order valence-electron chi connectivity index (χ2n) is 16.0. The lowest BCUT2D eigenvalue weighted by molar-refractivity contribution is -0.161. The van der Waals surface area contributed by atoms with Crippen LogP contribution in [0.5, 0.6) is 0 Å². The zero-order valence-electron chi connectivity index (χ0n) is 30.4. The maximum Gasteiger partial charge on any atom is 0.320 e. The maximum absolute atomic E-state index is 12.8. The fourth-order valence-corrected chi connectivity index (χ4v) is 4.73. The van der Waals surface area contributed by atoms with Gasteiger partial charge < -0.3 is 18.9 Å². The number of esters is 4. The van der Waals surface area contributed by atoms with Gasteiger partial charge in [0.15, 0.2) is 0 Å². The summed E-state index contributed by atoms with van der Waals surface area (Å²) in [5, 5.41) is 0. The van der Waals surface area contributed by atoms with Gasteiger partial charge in [0.1, 0.15) is 22.4 Å². The van der Waals surface area contributed by atoms with Gasteiger partial charge in [-0.1, -0.05) is 0 Å². The van der Waals surface area contributed by atoms with Crippen molar-refractivity contribution in [3.8, 4) is 0 Å². The topological polar surface area (TPSA) is 118 Å². The molecule has 1 atom stereocenters. The molecule has 0 aromatic rings. The van der Waals surface area contributed by atoms with Crippen LogP contribution in [0, 0.1) is 0 Å². The van der Waals surface area contributed by atoms with E-state index in [9.17, 15) is 19.2 Å². The Morgan fingerprint density at radius 3 is 1.07 bits per heavy atom. The molecular formula is C33H62N4O8. The summed E-state index contributed by atoms with van der Waals surface area (Å²) in [6.45, 7) is 28.2. The lowest BCUT2D eigenvalue weighted by atomic mass is 10.2. The quantitative estimate of drug-likeness (QED) is 0.244. The van der Waals surface area contributed by atoms with Crippen LogP contribution >= 0.6 is 0 Å². The average Bonchev–Trinajstić information content (AvgIpc) is 2.85. The molecule has 1 fully saturated rings. The molecule has 12 nitrogen and oxygen atoms in total. The van der Waals surface area contributed by atoms with E-state index in [0.29, 0.717) is 45.8 Å². The summed E-state index contributed by atoms with van der Waals surface area (Å²) >= 11 is 0. The van der Waals surface area contributed by atoms with Crippen molar-refractivity contribution < 1.29 is 38.1 Å². The zero-order chi connectivity index (χ0) is 34.8. The first-order chi connectivity index (χ1) is 20.3. The first-order valence-electron chi connectivity index (χ1n) is 16.1. The van der Waals surface area contributed by atoms with Gasteiger partial charge in [-0.05, 0) is 90.0 Å². The van der Waals surface area contributed by atoms with E-state index in [1.807, 2.05) is 99.8 Å². The highest BCUT2D eigenvalue weighted by Crippen LogP contribution is 2.14. The Morgan fingerprint density at radius 1 is 0.511 bits per heavy atom. The van der Waals surface area contributed by atoms with Crippen LogP contribution in [0.3, 0.4) is 0 Å². The first kappa shape index (κ1) is 40.7. The van der Waals surface area contributed by atoms with Crippen molar-refractivity contribution in [1.82, 2.24) is 19.6 Å². The average molecular weight is 643 g/mol. The lowest BCUT2D eigenvalue weighted by Crippen LogP contribution is -2.50. The monoisotopic (exact) mass is 642 g/mol. The number of rotatable bonds is 11. The van der Waals surface area contributed by atoms with Crippen LogP contribution in [0.2, 0.25) is 0 Å². The molecule has 1 heterocycles. The van der Waals surface area contributed by atoms with Crippen molar-refractivity contribution >= 4 is 23.9 Å². The predicted molar refractivity (Wildman–Crippen MR) is 174 cm³/mol. The summed E-state index contributed by atoms with van der Waals surface area (Å²) in [7, 11) is 0. The Balaban J connectivity index is 3.15. The summed E-state index contributed by atoms with van der Waals surface area (Å²) in [4.78, 5) is 59.2. The summed E-state index contributed by atoms with van der Waals surface area (Å²) in [6, 6.07) is -0.218. The van der Waals surface area contributed by atoms with Crippen LogP contribution in [0.4, 0.5) is 0 Å². The molecule has 1 aliphatic heterocycles. The van der Waals surface area contributed by atoms with Gasteiger partial charge in [-0.15, -0.1) is 0 Å². The van der Waals surface area contributed by atoms with Crippen molar-refractivity contribution in [2.24, 2.45) is 0 Å². The molecule has 1 unspecified atom stereocenters. The van der Waals surface area contributed by atoms with Gasteiger partial charge in [-0.3, -0.25) is 38.8 Å². The van der Waals surface area contributed by atoms with Crippen LogP contribution < -0.4 is 0 Å². The van der Waals surface area contributed by atoms with E-state index in [1.165, 1.54) is 0 Å². The van der Waals surface area contributed by atoms with E-state index < -0.39 is 34.3 Å². The van der Waals surface area contributed by atoms with Gasteiger partial charge in [-0.25, -0.2) is 0 Å². The first-order valence-corrected chi connectivity index (χ1v) is 16.1. The Bertz CT molecular complexity index is 903. The molecule has 45 heavy (non-hydrogen) atoms. The molecule has 262 valence electrons. The van der Waals surface area contributed by atoms with Crippen LogP contribution in [-0.4, -0.2) is 144 Å². The van der Waals surface area contributed by atoms with Crippen molar-refractivity contribution in [2.75, 3.05) is 72.0 Å². The molecule has 0 radical (unpaired) electrons. The molecule has 0 bridgehead atoms. The molecule has 1 saturated heterocycles. The van der Waals surface area contributed by atoms with Gasteiger partial charge in [-0.2, -0.15) is 0 Å². The molecule has 12 heteroatoms. The minimum Gasteiger partial charge on any atom is -0.459 e. The van der Waals surface area contributed by atoms with E-state index in [1.54, 1.807) is 4.90 Å². The number of nitrogens with zero attached hydrogens (tertiary/aromatic N) is 4. The highest BCUT2D eigenvalue weighted by Gasteiger charge is 2.29. The third-order valence-corrected chi connectivity index (χ3v) is 6.39. The Labute approximate surface area is 272 Å². The molecule has 1 aliphatic rings. The van der Waals surface area contributed by atoms with Crippen LogP contribution in [0.1, 0.15) is 90.0 Å². The van der Waals surface area contributed by atoms with Crippen molar-refractivity contribution in [3.63, 3.8) is 0 Å². The normalized spacial score (nSPS) is 17.6. The Morgan fingerprint density at radius 2 is 0.778 bits per heavy atom. The third kappa shape index (κ3) is 20.5. The molecule has 0 aliphatic carbocycles. The molecule has 0 spiro atoms. The minimum atomic E-state index is -0.658. The number of carbonyl (C=O) groups excluding carboxylic acids is 4. The maximum atomic E-state index is 12.8. The molecule has 0 N–H and O–H groups in total. The molecule has 0 aromatic carbocycles. The highest BCUT2D eigenvalue weighted by molar-refractivity contribution is 5.75. The van der Waals surface area contributed by atoms with Gasteiger partial charge in [0.2, 0.25) is 0 Å². The second-order valence-corrected chi connectivity index (χ2v) is 16.0. The van der Waals surface area contributed by atoms with E-state index in [2.05, 4.69) is 4.90 Å². The van der Waals surface area contributed by atoms with E-state index in [-0.39, 0.29) is 44.2 Å². The Hall–Kier alpha value is -2.28. The summed E-state index contributed by atoms with van der Waals surface area (Å²) in [6.07, 6.45) is 0.